The lowest BCUT2D eigenvalue weighted by atomic mass is 9.65. The number of hydrogen-bond donors (Lipinski definition) is 1. The SMILES string of the molecule is CC1(C)CCCCC1C(O)c1cccc(F)c1. The molecule has 1 N–H and O–H groups in total. The maximum Gasteiger partial charge on any atom is 0.123 e. The minimum atomic E-state index is -0.541. The van der Waals surface area contributed by atoms with Crippen LogP contribution in [-0.4, -0.2) is 5.11 Å². The van der Waals surface area contributed by atoms with Gasteiger partial charge in [0, 0.05) is 0 Å². The van der Waals surface area contributed by atoms with Crippen LogP contribution in [-0.2, 0) is 0 Å². The van der Waals surface area contributed by atoms with Gasteiger partial charge in [0.25, 0.3) is 0 Å². The van der Waals surface area contributed by atoms with Crippen molar-refractivity contribution >= 4 is 0 Å². The standard InChI is InChI=1S/C15H21FO/c1-15(2)9-4-3-8-13(15)14(17)11-6-5-7-12(16)10-11/h5-7,10,13-14,17H,3-4,8-9H2,1-2H3. The average molecular weight is 236 g/mol. The Hall–Kier alpha value is -0.890. The first-order valence-corrected chi connectivity index (χ1v) is 6.44. The van der Waals surface area contributed by atoms with Crippen molar-refractivity contribution in [2.24, 2.45) is 11.3 Å². The van der Waals surface area contributed by atoms with Gasteiger partial charge in [0.1, 0.15) is 5.82 Å². The summed E-state index contributed by atoms with van der Waals surface area (Å²) in [4.78, 5) is 0. The summed E-state index contributed by atoms with van der Waals surface area (Å²) in [6, 6.07) is 6.36. The van der Waals surface area contributed by atoms with Gasteiger partial charge in [0.15, 0.2) is 0 Å². The van der Waals surface area contributed by atoms with E-state index in [9.17, 15) is 9.50 Å². The van der Waals surface area contributed by atoms with E-state index in [1.54, 1.807) is 6.07 Å². The quantitative estimate of drug-likeness (QED) is 0.820. The Morgan fingerprint density at radius 1 is 1.35 bits per heavy atom. The van der Waals surface area contributed by atoms with Crippen molar-refractivity contribution in [3.63, 3.8) is 0 Å². The van der Waals surface area contributed by atoms with E-state index in [2.05, 4.69) is 13.8 Å². The van der Waals surface area contributed by atoms with Crippen LogP contribution in [0, 0.1) is 17.2 Å². The molecule has 2 unspecified atom stereocenters. The van der Waals surface area contributed by atoms with Crippen LogP contribution in [0.25, 0.3) is 0 Å². The highest BCUT2D eigenvalue weighted by Gasteiger charge is 2.37. The van der Waals surface area contributed by atoms with Gasteiger partial charge in [-0.2, -0.15) is 0 Å². The van der Waals surface area contributed by atoms with Crippen molar-refractivity contribution in [1.29, 1.82) is 0 Å². The van der Waals surface area contributed by atoms with Crippen LogP contribution >= 0.6 is 0 Å². The van der Waals surface area contributed by atoms with Gasteiger partial charge in [-0.15, -0.1) is 0 Å². The summed E-state index contributed by atoms with van der Waals surface area (Å²) in [5.41, 5.74) is 0.856. The van der Waals surface area contributed by atoms with E-state index in [4.69, 9.17) is 0 Å². The smallest absolute Gasteiger partial charge is 0.123 e. The van der Waals surface area contributed by atoms with Gasteiger partial charge in [0.05, 0.1) is 6.10 Å². The third kappa shape index (κ3) is 2.68. The Kier molecular flexibility index (Phi) is 3.53. The summed E-state index contributed by atoms with van der Waals surface area (Å²) in [5.74, 6) is -0.0341. The summed E-state index contributed by atoms with van der Waals surface area (Å²) >= 11 is 0. The zero-order valence-electron chi connectivity index (χ0n) is 10.6. The third-order valence-corrected chi connectivity index (χ3v) is 4.16. The molecule has 1 aromatic rings. The molecule has 2 heteroatoms. The van der Waals surface area contributed by atoms with Gasteiger partial charge in [0.2, 0.25) is 0 Å². The van der Waals surface area contributed by atoms with E-state index in [-0.39, 0.29) is 17.2 Å². The fourth-order valence-corrected chi connectivity index (χ4v) is 3.03. The van der Waals surface area contributed by atoms with Crippen molar-refractivity contribution in [3.05, 3.63) is 35.6 Å². The maximum absolute atomic E-state index is 13.2. The first-order chi connectivity index (χ1) is 8.00. The lowest BCUT2D eigenvalue weighted by molar-refractivity contribution is 0.00370. The molecule has 1 fully saturated rings. The fourth-order valence-electron chi connectivity index (χ4n) is 3.03. The topological polar surface area (TPSA) is 20.2 Å². The second-order valence-corrected chi connectivity index (χ2v) is 5.84. The summed E-state index contributed by atoms with van der Waals surface area (Å²) in [6.07, 6.45) is 4.04. The molecule has 2 rings (SSSR count). The molecule has 1 nitrogen and oxygen atoms in total. The number of halogens is 1. The number of aliphatic hydroxyl groups is 1. The van der Waals surface area contributed by atoms with E-state index in [1.165, 1.54) is 25.0 Å². The van der Waals surface area contributed by atoms with Gasteiger partial charge in [-0.3, -0.25) is 0 Å². The van der Waals surface area contributed by atoms with Crippen LogP contribution in [0.15, 0.2) is 24.3 Å². The highest BCUT2D eigenvalue weighted by atomic mass is 19.1. The number of hydrogen-bond acceptors (Lipinski definition) is 1. The lowest BCUT2D eigenvalue weighted by Crippen LogP contribution is -2.32. The number of aliphatic hydroxyl groups excluding tert-OH is 1. The molecular weight excluding hydrogens is 215 g/mol. The molecule has 0 spiro atoms. The molecular formula is C15H21FO. The van der Waals surface area contributed by atoms with Crippen LogP contribution in [0.2, 0.25) is 0 Å². The van der Waals surface area contributed by atoms with E-state index in [1.807, 2.05) is 6.07 Å². The van der Waals surface area contributed by atoms with E-state index in [0.717, 1.165) is 12.8 Å². The van der Waals surface area contributed by atoms with E-state index in [0.29, 0.717) is 5.56 Å². The van der Waals surface area contributed by atoms with E-state index >= 15 is 0 Å². The first kappa shape index (κ1) is 12.6. The molecule has 0 saturated heterocycles. The zero-order chi connectivity index (χ0) is 12.5. The van der Waals surface area contributed by atoms with Crippen molar-refractivity contribution in [2.45, 2.75) is 45.6 Å². The molecule has 1 saturated carbocycles. The zero-order valence-corrected chi connectivity index (χ0v) is 10.6. The summed E-state index contributed by atoms with van der Waals surface area (Å²) in [6.45, 7) is 4.42. The van der Waals surface area contributed by atoms with Crippen molar-refractivity contribution < 1.29 is 9.50 Å². The Balaban J connectivity index is 2.21. The third-order valence-electron chi connectivity index (χ3n) is 4.16. The minimum Gasteiger partial charge on any atom is -0.388 e. The largest absolute Gasteiger partial charge is 0.388 e. The molecule has 0 aliphatic heterocycles. The Morgan fingerprint density at radius 2 is 2.12 bits per heavy atom. The molecule has 1 aliphatic rings. The van der Waals surface area contributed by atoms with Gasteiger partial charge in [-0.25, -0.2) is 4.39 Å². The summed E-state index contributed by atoms with van der Waals surface area (Å²) < 4.78 is 13.2. The average Bonchev–Trinajstić information content (AvgIpc) is 2.27. The van der Waals surface area contributed by atoms with Crippen LogP contribution in [0.3, 0.4) is 0 Å². The molecule has 94 valence electrons. The first-order valence-electron chi connectivity index (χ1n) is 6.44. The molecule has 0 aromatic heterocycles. The summed E-state index contributed by atoms with van der Waals surface area (Å²) in [5, 5.41) is 10.4. The van der Waals surface area contributed by atoms with Gasteiger partial charge in [-0.05, 0) is 41.9 Å². The number of rotatable bonds is 2. The van der Waals surface area contributed by atoms with Crippen molar-refractivity contribution in [3.8, 4) is 0 Å². The van der Waals surface area contributed by atoms with Crippen molar-refractivity contribution in [1.82, 2.24) is 0 Å². The van der Waals surface area contributed by atoms with Crippen molar-refractivity contribution in [2.75, 3.05) is 0 Å². The molecule has 0 amide bonds. The predicted molar refractivity (Wildman–Crippen MR) is 67.1 cm³/mol. The van der Waals surface area contributed by atoms with Crippen LogP contribution < -0.4 is 0 Å². The van der Waals surface area contributed by atoms with Crippen LogP contribution in [0.4, 0.5) is 4.39 Å². The number of benzene rings is 1. The fraction of sp³-hybridized carbons (Fsp3) is 0.600. The monoisotopic (exact) mass is 236 g/mol. The van der Waals surface area contributed by atoms with E-state index < -0.39 is 6.10 Å². The second-order valence-electron chi connectivity index (χ2n) is 5.84. The normalized spacial score (nSPS) is 25.5. The molecule has 0 heterocycles. The van der Waals surface area contributed by atoms with Gasteiger partial charge < -0.3 is 5.11 Å². The molecule has 0 bridgehead atoms. The Labute approximate surface area is 103 Å². The lowest BCUT2D eigenvalue weighted by Gasteiger charge is -2.41. The second kappa shape index (κ2) is 4.77. The summed E-state index contributed by atoms with van der Waals surface area (Å²) in [7, 11) is 0. The molecule has 0 radical (unpaired) electrons. The molecule has 1 aromatic carbocycles. The van der Waals surface area contributed by atoms with Crippen LogP contribution in [0.1, 0.15) is 51.2 Å². The molecule has 17 heavy (non-hydrogen) atoms. The minimum absolute atomic E-state index is 0.143. The predicted octanol–water partition coefficient (Wildman–Crippen LogP) is 4.08. The van der Waals surface area contributed by atoms with Crippen LogP contribution in [0.5, 0.6) is 0 Å². The Morgan fingerprint density at radius 3 is 2.76 bits per heavy atom. The van der Waals surface area contributed by atoms with Gasteiger partial charge in [-0.1, -0.05) is 38.8 Å². The highest BCUT2D eigenvalue weighted by Crippen LogP contribution is 2.46. The molecule has 2 atom stereocenters. The maximum atomic E-state index is 13.2. The highest BCUT2D eigenvalue weighted by molar-refractivity contribution is 5.20. The Bertz CT molecular complexity index is 386. The van der Waals surface area contributed by atoms with Gasteiger partial charge >= 0.3 is 0 Å². The molecule has 1 aliphatic carbocycles.